The summed E-state index contributed by atoms with van der Waals surface area (Å²) in [6, 6.07) is 11.5. The van der Waals surface area contributed by atoms with Crippen LogP contribution in [0.4, 0.5) is 10.5 Å². The number of halogens is 2. The zero-order valence-electron chi connectivity index (χ0n) is 15.1. The highest BCUT2D eigenvalue weighted by atomic mass is 35.5. The van der Waals surface area contributed by atoms with Gasteiger partial charge in [0.15, 0.2) is 0 Å². The van der Waals surface area contributed by atoms with Crippen molar-refractivity contribution in [2.75, 3.05) is 12.4 Å². The molecule has 7 heteroatoms. The summed E-state index contributed by atoms with van der Waals surface area (Å²) in [4.78, 5) is 26.8. The van der Waals surface area contributed by atoms with Gasteiger partial charge in [0.2, 0.25) is 0 Å². The Hall–Kier alpha value is -2.50. The number of nitrogens with zero attached hydrogens (tertiary/aromatic N) is 1. The van der Waals surface area contributed by atoms with Gasteiger partial charge in [-0.1, -0.05) is 41.4 Å². The number of benzene rings is 2. The van der Waals surface area contributed by atoms with Crippen molar-refractivity contribution in [1.82, 2.24) is 10.2 Å². The molecule has 140 valence electrons. The van der Waals surface area contributed by atoms with Crippen molar-refractivity contribution >= 4 is 40.8 Å². The summed E-state index contributed by atoms with van der Waals surface area (Å²) >= 11 is 12.3. The van der Waals surface area contributed by atoms with Crippen molar-refractivity contribution in [2.24, 2.45) is 0 Å². The molecule has 1 atom stereocenters. The Bertz CT molecular complexity index is 956. The van der Waals surface area contributed by atoms with Gasteiger partial charge in [-0.05, 0) is 49.2 Å². The molecular formula is C20H19Cl2N3O2. The number of amides is 3. The topological polar surface area (TPSA) is 61.4 Å². The maximum absolute atomic E-state index is 13.1. The average molecular weight is 404 g/mol. The third-order valence-corrected chi connectivity index (χ3v) is 5.11. The Balaban J connectivity index is 2.03. The lowest BCUT2D eigenvalue weighted by Crippen LogP contribution is -2.46. The van der Waals surface area contributed by atoms with Gasteiger partial charge in [-0.3, -0.25) is 4.79 Å². The van der Waals surface area contributed by atoms with Crippen molar-refractivity contribution in [2.45, 2.75) is 19.9 Å². The zero-order chi connectivity index (χ0) is 19.7. The first kappa shape index (κ1) is 19.3. The van der Waals surface area contributed by atoms with Gasteiger partial charge in [0, 0.05) is 28.5 Å². The number of aryl methyl sites for hydroxylation is 1. The van der Waals surface area contributed by atoms with Gasteiger partial charge in [0.05, 0.1) is 11.6 Å². The minimum atomic E-state index is -0.678. The van der Waals surface area contributed by atoms with E-state index in [-0.39, 0.29) is 11.9 Å². The highest BCUT2D eigenvalue weighted by molar-refractivity contribution is 6.35. The molecule has 0 fully saturated rings. The van der Waals surface area contributed by atoms with Crippen LogP contribution in [-0.2, 0) is 4.79 Å². The molecule has 0 spiro atoms. The quantitative estimate of drug-likeness (QED) is 0.764. The average Bonchev–Trinajstić information content (AvgIpc) is 2.59. The Morgan fingerprint density at radius 2 is 1.89 bits per heavy atom. The highest BCUT2D eigenvalue weighted by Crippen LogP contribution is 2.35. The predicted octanol–water partition coefficient (Wildman–Crippen LogP) is 4.91. The summed E-state index contributed by atoms with van der Waals surface area (Å²) < 4.78 is 0. The monoisotopic (exact) mass is 403 g/mol. The van der Waals surface area contributed by atoms with Gasteiger partial charge in [0.25, 0.3) is 5.91 Å². The summed E-state index contributed by atoms with van der Waals surface area (Å²) in [7, 11) is 1.62. The van der Waals surface area contributed by atoms with Crippen LogP contribution in [0.25, 0.3) is 0 Å². The molecular weight excluding hydrogens is 385 g/mol. The van der Waals surface area contributed by atoms with Crippen LogP contribution in [0.2, 0.25) is 10.0 Å². The predicted molar refractivity (Wildman–Crippen MR) is 108 cm³/mol. The highest BCUT2D eigenvalue weighted by Gasteiger charge is 2.35. The Morgan fingerprint density at radius 3 is 2.56 bits per heavy atom. The van der Waals surface area contributed by atoms with E-state index >= 15 is 0 Å². The fourth-order valence-corrected chi connectivity index (χ4v) is 3.54. The lowest BCUT2D eigenvalue weighted by atomic mass is 9.94. The first-order chi connectivity index (χ1) is 12.8. The Kier molecular flexibility index (Phi) is 5.44. The number of allylic oxidation sites excluding steroid dienone is 1. The fourth-order valence-electron chi connectivity index (χ4n) is 3.02. The van der Waals surface area contributed by atoms with Gasteiger partial charge in [-0.2, -0.15) is 0 Å². The van der Waals surface area contributed by atoms with E-state index in [1.54, 1.807) is 32.2 Å². The maximum Gasteiger partial charge on any atom is 0.322 e. The summed E-state index contributed by atoms with van der Waals surface area (Å²) in [5.74, 6) is -0.305. The van der Waals surface area contributed by atoms with Gasteiger partial charge >= 0.3 is 6.03 Å². The lowest BCUT2D eigenvalue weighted by molar-refractivity contribution is -0.113. The number of anilines is 1. The number of urea groups is 1. The summed E-state index contributed by atoms with van der Waals surface area (Å²) in [6.07, 6.45) is 0. The molecule has 0 saturated carbocycles. The zero-order valence-corrected chi connectivity index (χ0v) is 16.7. The van der Waals surface area contributed by atoms with E-state index in [4.69, 9.17) is 23.2 Å². The van der Waals surface area contributed by atoms with Gasteiger partial charge < -0.3 is 15.5 Å². The molecule has 1 unspecified atom stereocenters. The van der Waals surface area contributed by atoms with Crippen LogP contribution in [-0.4, -0.2) is 23.9 Å². The Morgan fingerprint density at radius 1 is 1.15 bits per heavy atom. The van der Waals surface area contributed by atoms with E-state index in [1.807, 2.05) is 31.2 Å². The number of hydrogen-bond donors (Lipinski definition) is 2. The van der Waals surface area contributed by atoms with Crippen LogP contribution in [0.1, 0.15) is 24.1 Å². The minimum absolute atomic E-state index is 0.305. The molecule has 2 aromatic rings. The normalized spacial score (nSPS) is 17.0. The molecule has 5 nitrogen and oxygen atoms in total. The van der Waals surface area contributed by atoms with E-state index in [0.29, 0.717) is 32.6 Å². The van der Waals surface area contributed by atoms with Crippen molar-refractivity contribution in [1.29, 1.82) is 0 Å². The molecule has 3 rings (SSSR count). The molecule has 0 bridgehead atoms. The second-order valence-electron chi connectivity index (χ2n) is 6.43. The maximum atomic E-state index is 13.1. The van der Waals surface area contributed by atoms with Gasteiger partial charge in [0.1, 0.15) is 0 Å². The molecule has 0 saturated heterocycles. The molecule has 0 radical (unpaired) electrons. The number of hydrogen-bond acceptors (Lipinski definition) is 2. The fraction of sp³-hybridized carbons (Fsp3) is 0.200. The van der Waals surface area contributed by atoms with E-state index < -0.39 is 6.04 Å². The van der Waals surface area contributed by atoms with Crippen LogP contribution < -0.4 is 10.6 Å². The number of carbonyl (C=O) groups is 2. The third-order valence-electron chi connectivity index (χ3n) is 4.55. The second kappa shape index (κ2) is 7.62. The van der Waals surface area contributed by atoms with E-state index in [1.165, 1.54) is 4.90 Å². The SMILES string of the molecule is CC1=C(C(=O)Nc2cccc(C)c2)C(c2ccc(Cl)cc2Cl)NC(=O)N1C. The summed E-state index contributed by atoms with van der Waals surface area (Å²) in [6.45, 7) is 3.69. The molecule has 1 heterocycles. The van der Waals surface area contributed by atoms with E-state index in [9.17, 15) is 9.59 Å². The smallest absolute Gasteiger partial charge is 0.322 e. The standard InChI is InChI=1S/C20H19Cl2N3O2/c1-11-5-4-6-14(9-11)23-19(26)17-12(2)25(3)20(27)24-18(17)15-8-7-13(21)10-16(15)22/h4-10,18H,1-3H3,(H,23,26)(H,24,27). The molecule has 3 amide bonds. The molecule has 2 N–H and O–H groups in total. The van der Waals surface area contributed by atoms with Gasteiger partial charge in [-0.15, -0.1) is 0 Å². The second-order valence-corrected chi connectivity index (χ2v) is 7.27. The lowest BCUT2D eigenvalue weighted by Gasteiger charge is -2.34. The largest absolute Gasteiger partial charge is 0.326 e. The van der Waals surface area contributed by atoms with Crippen LogP contribution in [0.15, 0.2) is 53.7 Å². The van der Waals surface area contributed by atoms with Crippen LogP contribution >= 0.6 is 23.2 Å². The summed E-state index contributed by atoms with van der Waals surface area (Å²) in [5.41, 5.74) is 3.30. The van der Waals surface area contributed by atoms with Crippen molar-refractivity contribution in [3.05, 3.63) is 74.9 Å². The van der Waals surface area contributed by atoms with Crippen molar-refractivity contribution in [3.63, 3.8) is 0 Å². The molecule has 1 aliphatic heterocycles. The van der Waals surface area contributed by atoms with Crippen molar-refractivity contribution < 1.29 is 9.59 Å². The number of nitrogens with one attached hydrogen (secondary N) is 2. The summed E-state index contributed by atoms with van der Waals surface area (Å²) in [5, 5.41) is 6.61. The molecule has 1 aliphatic rings. The first-order valence-electron chi connectivity index (χ1n) is 8.36. The third kappa shape index (κ3) is 3.94. The molecule has 2 aromatic carbocycles. The van der Waals surface area contributed by atoms with Crippen LogP contribution in [0.3, 0.4) is 0 Å². The van der Waals surface area contributed by atoms with Crippen LogP contribution in [0.5, 0.6) is 0 Å². The molecule has 27 heavy (non-hydrogen) atoms. The number of rotatable bonds is 3. The Labute approximate surface area is 168 Å². The van der Waals surface area contributed by atoms with Crippen molar-refractivity contribution in [3.8, 4) is 0 Å². The first-order valence-corrected chi connectivity index (χ1v) is 9.11. The van der Waals surface area contributed by atoms with E-state index in [2.05, 4.69) is 10.6 Å². The number of carbonyl (C=O) groups excluding carboxylic acids is 2. The van der Waals surface area contributed by atoms with Gasteiger partial charge in [-0.25, -0.2) is 4.79 Å². The molecule has 0 aromatic heterocycles. The van der Waals surface area contributed by atoms with E-state index in [0.717, 1.165) is 5.56 Å². The minimum Gasteiger partial charge on any atom is -0.326 e. The van der Waals surface area contributed by atoms with Crippen LogP contribution in [0, 0.1) is 6.92 Å². The molecule has 0 aliphatic carbocycles.